The van der Waals surface area contributed by atoms with Gasteiger partial charge in [-0.05, 0) is 89.0 Å². The third-order valence-electron chi connectivity index (χ3n) is 12.5. The molecule has 2 saturated heterocycles. The Morgan fingerprint density at radius 3 is 2.56 bits per heavy atom. The number of pyridine rings is 1. The van der Waals surface area contributed by atoms with Crippen LogP contribution in [0.4, 0.5) is 9.93 Å². The average molecular weight is 877 g/mol. The second-order valence-electron chi connectivity index (χ2n) is 17.3. The maximum Gasteiger partial charge on any atom is 0.408 e. The summed E-state index contributed by atoms with van der Waals surface area (Å²) in [6.45, 7) is 4.11. The number of fused-ring (bicyclic) bond motifs is 3. The molecule has 3 amide bonds. The van der Waals surface area contributed by atoms with E-state index in [0.717, 1.165) is 56.5 Å². The Morgan fingerprint density at radius 1 is 1.03 bits per heavy atom. The van der Waals surface area contributed by atoms with E-state index in [4.69, 9.17) is 28.6 Å². The van der Waals surface area contributed by atoms with Crippen molar-refractivity contribution in [2.75, 3.05) is 19.0 Å². The lowest BCUT2D eigenvalue weighted by atomic mass is 10.0. The molecule has 2 saturated carbocycles. The third kappa shape index (κ3) is 9.71. The molecule has 17 heteroatoms. The molecule has 0 spiro atoms. The number of carbonyl (C=O) groups is 3. The van der Waals surface area contributed by atoms with Crippen LogP contribution in [-0.2, 0) is 25.1 Å². The first-order valence-corrected chi connectivity index (χ1v) is 24.5. The first kappa shape index (κ1) is 43.0. The summed E-state index contributed by atoms with van der Waals surface area (Å²) in [5, 5.41) is 11.3. The van der Waals surface area contributed by atoms with Crippen molar-refractivity contribution in [3.05, 3.63) is 53.8 Å². The number of thiazole rings is 1. The summed E-state index contributed by atoms with van der Waals surface area (Å²) < 4.78 is 38.0. The number of benzene rings is 1. The zero-order chi connectivity index (χ0) is 42.7. The van der Waals surface area contributed by atoms with Crippen LogP contribution in [0.3, 0.4) is 0 Å². The zero-order valence-corrected chi connectivity index (χ0v) is 36.8. The molecule has 328 valence electrons. The molecule has 4 aliphatic rings. The summed E-state index contributed by atoms with van der Waals surface area (Å²) in [5.41, 5.74) is 1.84. The fraction of sp³-hybridized carbons (Fsp3) is 0.568. The number of amides is 3. The number of aromatic nitrogens is 2. The number of carbonyl (C=O) groups excluding carboxylic acids is 3. The van der Waals surface area contributed by atoms with Crippen LogP contribution in [-0.4, -0.2) is 86.9 Å². The summed E-state index contributed by atoms with van der Waals surface area (Å²) in [6.07, 6.45) is 8.98. The molecule has 4 fully saturated rings. The van der Waals surface area contributed by atoms with E-state index in [0.29, 0.717) is 65.2 Å². The van der Waals surface area contributed by atoms with Gasteiger partial charge in [0.1, 0.15) is 52.5 Å². The number of methoxy groups -OCH3 is 1. The van der Waals surface area contributed by atoms with Crippen LogP contribution in [0.25, 0.3) is 22.3 Å². The second kappa shape index (κ2) is 18.4. The van der Waals surface area contributed by atoms with Gasteiger partial charge in [0.15, 0.2) is 5.13 Å². The number of nitrogens with one attached hydrogen (secondary N) is 3. The fourth-order valence-electron chi connectivity index (χ4n) is 9.23. The number of hydrogen-bond acceptors (Lipinski definition) is 12. The minimum absolute atomic E-state index is 0.0286. The van der Waals surface area contributed by atoms with Gasteiger partial charge in [-0.3, -0.25) is 14.2 Å². The molecule has 8 rings (SSSR count). The largest absolute Gasteiger partial charge is 0.497 e. The van der Waals surface area contributed by atoms with Crippen molar-refractivity contribution in [1.29, 1.82) is 0 Å². The number of furan rings is 1. The van der Waals surface area contributed by atoms with Crippen LogP contribution in [0.2, 0.25) is 0 Å². The van der Waals surface area contributed by atoms with Gasteiger partial charge in [-0.15, -0.1) is 11.3 Å². The number of rotatable bonds is 11. The highest BCUT2D eigenvalue weighted by Crippen LogP contribution is 2.71. The second-order valence-corrected chi connectivity index (χ2v) is 20.7. The van der Waals surface area contributed by atoms with Gasteiger partial charge in [-0.2, -0.15) is 0 Å². The Kier molecular flexibility index (Phi) is 12.9. The van der Waals surface area contributed by atoms with Crippen molar-refractivity contribution in [3.63, 3.8) is 0 Å². The summed E-state index contributed by atoms with van der Waals surface area (Å²) in [6, 6.07) is 8.85. The lowest BCUT2D eigenvalue weighted by Crippen LogP contribution is -2.55. The van der Waals surface area contributed by atoms with Gasteiger partial charge in [0, 0.05) is 35.4 Å². The van der Waals surface area contributed by atoms with Crippen LogP contribution in [0.1, 0.15) is 103 Å². The summed E-state index contributed by atoms with van der Waals surface area (Å²) >= 11 is 1.47. The number of nitrogens with zero attached hydrogens (tertiary/aromatic N) is 3. The van der Waals surface area contributed by atoms with Gasteiger partial charge in [0.05, 0.1) is 37.3 Å². The highest BCUT2D eigenvalue weighted by Gasteiger charge is 2.66. The molecule has 15 nitrogen and oxygen atoms in total. The topological polar surface area (TPSA) is 194 Å². The molecule has 1 aromatic carbocycles. The van der Waals surface area contributed by atoms with Gasteiger partial charge in [0.2, 0.25) is 19.2 Å². The maximum absolute atomic E-state index is 14.8. The Morgan fingerprint density at radius 2 is 1.80 bits per heavy atom. The lowest BCUT2D eigenvalue weighted by Gasteiger charge is -2.31. The predicted octanol–water partition coefficient (Wildman–Crippen LogP) is 8.21. The molecule has 4 aromatic rings. The highest BCUT2D eigenvalue weighted by molar-refractivity contribution is 7.59. The average Bonchev–Trinajstić information content (AvgIpc) is 3.86. The van der Waals surface area contributed by atoms with Crippen molar-refractivity contribution < 1.29 is 42.5 Å². The molecule has 2 aliphatic heterocycles. The van der Waals surface area contributed by atoms with Crippen molar-refractivity contribution in [3.8, 4) is 22.9 Å². The van der Waals surface area contributed by atoms with E-state index in [-0.39, 0.29) is 37.2 Å². The van der Waals surface area contributed by atoms with Crippen molar-refractivity contribution in [1.82, 2.24) is 25.5 Å². The third-order valence-corrected chi connectivity index (χ3v) is 15.9. The van der Waals surface area contributed by atoms with Gasteiger partial charge in [-0.1, -0.05) is 32.1 Å². The fourth-order valence-corrected chi connectivity index (χ4v) is 12.5. The quantitative estimate of drug-likeness (QED) is 0.106. The van der Waals surface area contributed by atoms with E-state index in [2.05, 4.69) is 16.0 Å². The van der Waals surface area contributed by atoms with Crippen LogP contribution < -0.4 is 25.4 Å². The highest BCUT2D eigenvalue weighted by atomic mass is 32.1. The first-order valence-electron chi connectivity index (χ1n) is 21.7. The van der Waals surface area contributed by atoms with Gasteiger partial charge >= 0.3 is 6.09 Å². The number of anilines is 1. The number of ether oxygens (including phenoxy) is 3. The first-order chi connectivity index (χ1) is 29.4. The van der Waals surface area contributed by atoms with Crippen molar-refractivity contribution >= 4 is 52.6 Å². The molecule has 5 heterocycles. The normalized spacial score (nSPS) is 26.1. The SMILES string of the molecule is COc1ccc2c(O[C@@H]3C[C@H]4C(=O)N[C@]5(P(=O)(O)Cc6ccco6)C[C@H]5CCCCCCCC(NC(=O)OC5CCCC5)C(=O)N4C3)cc(-c3csc(NC(C)C)n3)nc2c1. The summed E-state index contributed by atoms with van der Waals surface area (Å²) in [5.74, 6) is 0.309. The Hall–Kier alpha value is -4.66. The van der Waals surface area contributed by atoms with Crippen LogP contribution in [0.15, 0.2) is 52.5 Å². The molecule has 4 N–H and O–H groups in total. The smallest absolute Gasteiger partial charge is 0.408 e. The molecule has 3 aromatic heterocycles. The molecule has 2 aliphatic carbocycles. The van der Waals surface area contributed by atoms with E-state index in [1.165, 1.54) is 22.5 Å². The maximum atomic E-state index is 14.8. The van der Waals surface area contributed by atoms with Crippen molar-refractivity contribution in [2.24, 2.45) is 5.92 Å². The van der Waals surface area contributed by atoms with E-state index < -0.39 is 48.7 Å². The Labute approximate surface area is 360 Å². The monoisotopic (exact) mass is 876 g/mol. The van der Waals surface area contributed by atoms with Crippen LogP contribution >= 0.6 is 18.7 Å². The molecule has 2 unspecified atom stereocenters. The minimum atomic E-state index is -4.07. The molecular formula is C44H57N6O9PS. The predicted molar refractivity (Wildman–Crippen MR) is 232 cm³/mol. The molecule has 61 heavy (non-hydrogen) atoms. The molecular weight excluding hydrogens is 820 g/mol. The van der Waals surface area contributed by atoms with Gasteiger partial charge in [-0.25, -0.2) is 14.8 Å². The summed E-state index contributed by atoms with van der Waals surface area (Å²) in [4.78, 5) is 65.9. The van der Waals surface area contributed by atoms with Gasteiger partial charge < -0.3 is 44.4 Å². The van der Waals surface area contributed by atoms with Crippen molar-refractivity contribution in [2.45, 2.75) is 139 Å². The van der Waals surface area contributed by atoms with E-state index in [1.807, 2.05) is 43.5 Å². The number of hydrogen-bond donors (Lipinski definition) is 4. The zero-order valence-electron chi connectivity index (χ0n) is 35.1. The Balaban J connectivity index is 1.12. The van der Waals surface area contributed by atoms with Crippen LogP contribution in [0, 0.1) is 5.92 Å². The Bertz CT molecular complexity index is 2250. The van der Waals surface area contributed by atoms with E-state index in [1.54, 1.807) is 19.2 Å². The van der Waals surface area contributed by atoms with Gasteiger partial charge in [0.25, 0.3) is 0 Å². The molecule has 0 radical (unpaired) electrons. The number of alkyl carbamates (subject to hydrolysis) is 1. The van der Waals surface area contributed by atoms with E-state index >= 15 is 0 Å². The molecule has 6 atom stereocenters. The standard InChI is InChI=1S/C44H57N6O9PS/c1-27(2)45-42-47-37(26-61-42)36-22-39(33-18-17-30(56-3)20-35(33)46-36)58-32-21-38-40(51)49-44(60(54,55)25-31-15-11-19-57-31)23-28(44)12-7-5-4-6-8-16-34(41(52)50(38)24-32)48-43(53)59-29-13-9-10-14-29/h11,15,17-20,22,26-29,32,34,38H,4-10,12-14,16,21,23-25H2,1-3H3,(H,45,47)(H,48,53)(H,49,51)(H,54,55)/t28-,32-,34?,38+,44+/m1/s1. The summed E-state index contributed by atoms with van der Waals surface area (Å²) in [7, 11) is -2.48. The lowest BCUT2D eigenvalue weighted by molar-refractivity contribution is -0.140. The van der Waals surface area contributed by atoms with E-state index in [9.17, 15) is 23.8 Å². The molecule has 0 bridgehead atoms. The minimum Gasteiger partial charge on any atom is -0.497 e. The van der Waals surface area contributed by atoms with Crippen LogP contribution in [0.5, 0.6) is 11.5 Å².